The summed E-state index contributed by atoms with van der Waals surface area (Å²) >= 11 is 3.59. The summed E-state index contributed by atoms with van der Waals surface area (Å²) in [6, 6.07) is 12.4. The number of halogens is 1. The van der Waals surface area contributed by atoms with Gasteiger partial charge in [-0.25, -0.2) is 4.98 Å². The van der Waals surface area contributed by atoms with E-state index in [4.69, 9.17) is 16.3 Å². The van der Waals surface area contributed by atoms with Crippen molar-refractivity contribution in [1.82, 2.24) is 13.9 Å². The van der Waals surface area contributed by atoms with E-state index in [0.717, 1.165) is 21.2 Å². The van der Waals surface area contributed by atoms with Gasteiger partial charge in [-0.3, -0.25) is 13.3 Å². The second-order valence-corrected chi connectivity index (χ2v) is 7.44. The summed E-state index contributed by atoms with van der Waals surface area (Å²) in [7, 11) is 1.44. The van der Waals surface area contributed by atoms with Crippen LogP contribution in [0.25, 0.3) is 11.0 Å². The van der Waals surface area contributed by atoms with Crippen molar-refractivity contribution in [3.05, 3.63) is 64.4 Å². The molecule has 1 amide bonds. The minimum Gasteiger partial charge on any atom is -0.755 e. The fourth-order valence-electron chi connectivity index (χ4n) is 2.93. The predicted octanol–water partition coefficient (Wildman–Crippen LogP) is 2.93. The van der Waals surface area contributed by atoms with Crippen molar-refractivity contribution in [3.8, 4) is 0 Å². The molecule has 148 valence electrons. The Morgan fingerprint density at radius 2 is 2.07 bits per heavy atom. The third kappa shape index (κ3) is 4.25. The van der Waals surface area contributed by atoms with Crippen molar-refractivity contribution in [2.45, 2.75) is 13.5 Å². The number of methoxy groups -OCH3 is 1. The van der Waals surface area contributed by atoms with Crippen LogP contribution >= 0.6 is 11.6 Å². The molecule has 0 aliphatic heterocycles. The number of fused-ring (bicyclic) bond motifs is 1. The van der Waals surface area contributed by atoms with Gasteiger partial charge in [0.15, 0.2) is 0 Å². The topological polar surface area (TPSA) is 87.5 Å². The van der Waals surface area contributed by atoms with E-state index in [1.165, 1.54) is 7.11 Å². The summed E-state index contributed by atoms with van der Waals surface area (Å²) in [5.74, 6) is 0.151. The molecule has 9 heteroatoms. The number of hydrogen-bond acceptors (Lipinski definition) is 5. The highest BCUT2D eigenvalue weighted by atomic mass is 35.5. The molecule has 1 aromatic heterocycles. The summed E-state index contributed by atoms with van der Waals surface area (Å²) in [4.78, 5) is 17.2. The van der Waals surface area contributed by atoms with Crippen molar-refractivity contribution in [2.75, 3.05) is 20.3 Å². The van der Waals surface area contributed by atoms with Gasteiger partial charge in [-0.2, -0.15) is 0 Å². The number of imidazole rings is 1. The maximum absolute atomic E-state index is 12.7. The van der Waals surface area contributed by atoms with E-state index in [-0.39, 0.29) is 18.7 Å². The second kappa shape index (κ2) is 8.83. The van der Waals surface area contributed by atoms with Crippen LogP contribution in [0.2, 0.25) is 5.02 Å². The highest BCUT2D eigenvalue weighted by molar-refractivity contribution is 7.77. The first-order valence-electron chi connectivity index (χ1n) is 8.53. The molecule has 1 heterocycles. The van der Waals surface area contributed by atoms with Crippen LogP contribution in [0.5, 0.6) is 0 Å². The lowest BCUT2D eigenvalue weighted by Gasteiger charge is -2.24. The van der Waals surface area contributed by atoms with Crippen LogP contribution in [0.1, 0.15) is 21.7 Å². The van der Waals surface area contributed by atoms with E-state index in [1.54, 1.807) is 18.2 Å². The zero-order valence-corrected chi connectivity index (χ0v) is 17.0. The zero-order valence-electron chi connectivity index (χ0n) is 15.4. The first kappa shape index (κ1) is 20.5. The minimum atomic E-state index is -2.69. The summed E-state index contributed by atoms with van der Waals surface area (Å²) in [5.41, 5.74) is 2.62. The van der Waals surface area contributed by atoms with Crippen LogP contribution in [-0.4, -0.2) is 48.8 Å². The molecule has 3 aromatic rings. The van der Waals surface area contributed by atoms with Gasteiger partial charge in [-0.05, 0) is 36.8 Å². The molecule has 1 atom stereocenters. The number of carbonyl (C=O) groups is 1. The summed E-state index contributed by atoms with van der Waals surface area (Å²) in [6.07, 6.45) is 0. The first-order valence-corrected chi connectivity index (χ1v) is 9.94. The summed E-state index contributed by atoms with van der Waals surface area (Å²) in [6.45, 7) is 2.42. The molecule has 7 nitrogen and oxygen atoms in total. The van der Waals surface area contributed by atoms with Crippen LogP contribution < -0.4 is 0 Å². The Labute approximate surface area is 170 Å². The van der Waals surface area contributed by atoms with Crippen LogP contribution in [0, 0.1) is 6.92 Å². The van der Waals surface area contributed by atoms with E-state index in [9.17, 15) is 13.6 Å². The Bertz CT molecular complexity index is 1040. The van der Waals surface area contributed by atoms with E-state index in [1.807, 2.05) is 35.8 Å². The Kier molecular flexibility index (Phi) is 6.46. The molecule has 0 fully saturated rings. The predicted molar refractivity (Wildman–Crippen MR) is 107 cm³/mol. The van der Waals surface area contributed by atoms with Gasteiger partial charge in [-0.15, -0.1) is 0 Å². The molecular weight excluding hydrogens is 402 g/mol. The van der Waals surface area contributed by atoms with E-state index >= 15 is 0 Å². The average Bonchev–Trinajstić information content (AvgIpc) is 2.98. The van der Waals surface area contributed by atoms with Crippen molar-refractivity contribution in [3.63, 3.8) is 0 Å². The molecule has 0 saturated heterocycles. The number of rotatable bonds is 7. The van der Waals surface area contributed by atoms with Crippen LogP contribution in [0.4, 0.5) is 0 Å². The molecule has 0 bridgehead atoms. The number of ether oxygens (including phenoxy) is 1. The van der Waals surface area contributed by atoms with E-state index in [0.29, 0.717) is 17.1 Å². The first-order chi connectivity index (χ1) is 13.4. The van der Waals surface area contributed by atoms with Gasteiger partial charge >= 0.3 is 0 Å². The van der Waals surface area contributed by atoms with Gasteiger partial charge in [0.05, 0.1) is 42.0 Å². The lowest BCUT2D eigenvalue weighted by atomic mass is 10.1. The van der Waals surface area contributed by atoms with Gasteiger partial charge in [0, 0.05) is 17.7 Å². The monoisotopic (exact) mass is 420 g/mol. The molecule has 0 saturated carbocycles. The molecule has 1 unspecified atom stereocenters. The smallest absolute Gasteiger partial charge is 0.264 e. The quantitative estimate of drug-likeness (QED) is 0.548. The summed E-state index contributed by atoms with van der Waals surface area (Å²) in [5, 5.41) is 0.642. The van der Waals surface area contributed by atoms with Gasteiger partial charge in [0.25, 0.3) is 5.91 Å². The molecule has 0 N–H and O–H groups in total. The molecule has 0 aliphatic carbocycles. The Morgan fingerprint density at radius 3 is 2.75 bits per heavy atom. The maximum atomic E-state index is 12.7. The lowest BCUT2D eigenvalue weighted by molar-refractivity contribution is 0.0822. The van der Waals surface area contributed by atoms with Gasteiger partial charge in [0.2, 0.25) is 0 Å². The maximum Gasteiger partial charge on any atom is 0.264 e. The zero-order chi connectivity index (χ0) is 20.3. The minimum absolute atomic E-state index is 0.0542. The Hall–Kier alpha value is -2.26. The molecule has 0 radical (unpaired) electrons. The Morgan fingerprint density at radius 1 is 1.32 bits per heavy atom. The molecule has 0 spiro atoms. The van der Waals surface area contributed by atoms with Crippen molar-refractivity contribution in [2.24, 2.45) is 0 Å². The number of nitrogens with zero attached hydrogens (tertiary/aromatic N) is 3. The van der Waals surface area contributed by atoms with Crippen LogP contribution in [-0.2, 0) is 22.5 Å². The third-order valence-corrected chi connectivity index (χ3v) is 5.45. The SMILES string of the molecule is COCCN(C(=O)c1ccc2nc(C)n(Cc3ccccc3Cl)c2c1)S(=O)[O-]. The molecule has 28 heavy (non-hydrogen) atoms. The van der Waals surface area contributed by atoms with Gasteiger partial charge in [0.1, 0.15) is 5.82 Å². The summed E-state index contributed by atoms with van der Waals surface area (Å²) < 4.78 is 30.5. The normalized spacial score (nSPS) is 12.3. The second-order valence-electron chi connectivity index (χ2n) is 6.16. The molecule has 0 aliphatic rings. The fraction of sp³-hybridized carbons (Fsp3) is 0.263. The van der Waals surface area contributed by atoms with Crippen molar-refractivity contribution in [1.29, 1.82) is 0 Å². The van der Waals surface area contributed by atoms with Crippen molar-refractivity contribution >= 4 is 39.8 Å². The molecule has 2 aromatic carbocycles. The third-order valence-electron chi connectivity index (χ3n) is 4.38. The largest absolute Gasteiger partial charge is 0.755 e. The van der Waals surface area contributed by atoms with Crippen molar-refractivity contribution < 1.29 is 18.3 Å². The number of hydrogen-bond donors (Lipinski definition) is 0. The number of carbonyl (C=O) groups excluding carboxylic acids is 1. The lowest BCUT2D eigenvalue weighted by Crippen LogP contribution is -2.35. The van der Waals surface area contributed by atoms with Gasteiger partial charge in [-0.1, -0.05) is 29.8 Å². The number of amides is 1. The number of benzene rings is 2. The highest BCUT2D eigenvalue weighted by Gasteiger charge is 2.19. The molecular formula is C19H19ClN3O4S-. The van der Waals surface area contributed by atoms with Crippen LogP contribution in [0.3, 0.4) is 0 Å². The highest BCUT2D eigenvalue weighted by Crippen LogP contribution is 2.23. The average molecular weight is 421 g/mol. The molecule has 3 rings (SSSR count). The van der Waals surface area contributed by atoms with Crippen LogP contribution in [0.15, 0.2) is 42.5 Å². The van der Waals surface area contributed by atoms with E-state index < -0.39 is 17.2 Å². The standard InChI is InChI=1S/C19H20ClN3O4S/c1-13-21-17-8-7-14(19(24)23(28(25)26)9-10-27-2)11-18(17)22(13)12-15-5-3-4-6-16(15)20/h3-8,11H,9-10,12H2,1-2H3,(H,25,26)/p-1. The van der Waals surface area contributed by atoms with Gasteiger partial charge < -0.3 is 13.9 Å². The number of aryl methyl sites for hydroxylation is 1. The Balaban J connectivity index is 1.99. The number of aromatic nitrogens is 2. The van der Waals surface area contributed by atoms with E-state index in [2.05, 4.69) is 4.98 Å². The fourth-order valence-corrected chi connectivity index (χ4v) is 3.59.